The molecule has 1 saturated heterocycles. The SMILES string of the molecule is O=CN1CCN(Cc2ccnc(Nc3nc4ccc(-c5ncc[nH]5)cc4[nH]3)c2)CC1. The number of aromatic nitrogens is 5. The van der Waals surface area contributed by atoms with Crippen molar-refractivity contribution in [1.82, 2.24) is 34.7 Å². The summed E-state index contributed by atoms with van der Waals surface area (Å²) in [6.45, 7) is 4.14. The number of piperazine rings is 1. The van der Waals surface area contributed by atoms with E-state index in [1.807, 2.05) is 35.2 Å². The lowest BCUT2D eigenvalue weighted by molar-refractivity contribution is -0.119. The van der Waals surface area contributed by atoms with Gasteiger partial charge in [-0.15, -0.1) is 0 Å². The predicted molar refractivity (Wildman–Crippen MR) is 114 cm³/mol. The number of amides is 1. The van der Waals surface area contributed by atoms with Crippen LogP contribution in [0.15, 0.2) is 48.9 Å². The van der Waals surface area contributed by atoms with Crippen LogP contribution in [0.1, 0.15) is 5.56 Å². The number of carbonyl (C=O) groups excluding carboxylic acids is 1. The number of pyridine rings is 1. The summed E-state index contributed by atoms with van der Waals surface area (Å²) in [5.41, 5.74) is 3.97. The van der Waals surface area contributed by atoms with Crippen LogP contribution in [0.4, 0.5) is 11.8 Å². The molecule has 152 valence electrons. The molecule has 0 radical (unpaired) electrons. The number of imidazole rings is 2. The van der Waals surface area contributed by atoms with E-state index in [1.54, 1.807) is 18.6 Å². The molecule has 1 aliphatic heterocycles. The molecular formula is C21H22N8O. The van der Waals surface area contributed by atoms with Crippen molar-refractivity contribution in [2.75, 3.05) is 31.5 Å². The monoisotopic (exact) mass is 402 g/mol. The normalized spacial score (nSPS) is 14.9. The summed E-state index contributed by atoms with van der Waals surface area (Å²) in [6.07, 6.45) is 6.27. The van der Waals surface area contributed by atoms with Crippen molar-refractivity contribution in [2.45, 2.75) is 6.54 Å². The Bertz CT molecular complexity index is 1150. The molecule has 4 heterocycles. The lowest BCUT2D eigenvalue weighted by Gasteiger charge is -2.32. The second-order valence-corrected chi connectivity index (χ2v) is 7.35. The number of carbonyl (C=O) groups is 1. The van der Waals surface area contributed by atoms with E-state index in [0.29, 0.717) is 5.95 Å². The molecular weight excluding hydrogens is 380 g/mol. The van der Waals surface area contributed by atoms with Crippen LogP contribution in [0.3, 0.4) is 0 Å². The van der Waals surface area contributed by atoms with Crippen molar-refractivity contribution in [2.24, 2.45) is 0 Å². The molecule has 0 spiro atoms. The fourth-order valence-corrected chi connectivity index (χ4v) is 3.69. The number of aromatic amines is 2. The Labute approximate surface area is 173 Å². The second kappa shape index (κ2) is 7.96. The van der Waals surface area contributed by atoms with E-state index in [9.17, 15) is 4.79 Å². The van der Waals surface area contributed by atoms with Crippen molar-refractivity contribution in [1.29, 1.82) is 0 Å². The fourth-order valence-electron chi connectivity index (χ4n) is 3.69. The molecule has 0 bridgehead atoms. The molecule has 0 aliphatic carbocycles. The zero-order valence-electron chi connectivity index (χ0n) is 16.4. The predicted octanol–water partition coefficient (Wildman–Crippen LogP) is 2.37. The average Bonchev–Trinajstić information content (AvgIpc) is 3.44. The number of nitrogens with zero attached hydrogens (tertiary/aromatic N) is 5. The molecule has 0 saturated carbocycles. The maximum atomic E-state index is 10.9. The summed E-state index contributed by atoms with van der Waals surface area (Å²) < 4.78 is 0. The Morgan fingerprint density at radius 3 is 2.77 bits per heavy atom. The average molecular weight is 402 g/mol. The summed E-state index contributed by atoms with van der Waals surface area (Å²) in [5, 5.41) is 3.27. The van der Waals surface area contributed by atoms with Crippen LogP contribution in [0.2, 0.25) is 0 Å². The van der Waals surface area contributed by atoms with E-state index < -0.39 is 0 Å². The van der Waals surface area contributed by atoms with Crippen molar-refractivity contribution >= 4 is 29.2 Å². The van der Waals surface area contributed by atoms with Gasteiger partial charge in [0.15, 0.2) is 0 Å². The maximum absolute atomic E-state index is 10.9. The van der Waals surface area contributed by atoms with Crippen LogP contribution >= 0.6 is 0 Å². The number of nitrogens with one attached hydrogen (secondary N) is 3. The summed E-state index contributed by atoms with van der Waals surface area (Å²) in [7, 11) is 0. The highest BCUT2D eigenvalue weighted by Crippen LogP contribution is 2.23. The fraction of sp³-hybridized carbons (Fsp3) is 0.238. The molecule has 30 heavy (non-hydrogen) atoms. The van der Waals surface area contributed by atoms with Crippen LogP contribution in [0, 0.1) is 0 Å². The maximum Gasteiger partial charge on any atom is 0.209 e. The first-order valence-corrected chi connectivity index (χ1v) is 9.90. The Hall–Kier alpha value is -3.72. The smallest absolute Gasteiger partial charge is 0.209 e. The van der Waals surface area contributed by atoms with E-state index in [0.717, 1.165) is 67.4 Å². The van der Waals surface area contributed by atoms with Gasteiger partial charge in [0.2, 0.25) is 12.4 Å². The molecule has 0 atom stereocenters. The highest BCUT2D eigenvalue weighted by Gasteiger charge is 2.15. The van der Waals surface area contributed by atoms with Gasteiger partial charge in [-0.1, -0.05) is 0 Å². The number of hydrogen-bond acceptors (Lipinski definition) is 6. The van der Waals surface area contributed by atoms with Crippen molar-refractivity contribution in [3.8, 4) is 11.4 Å². The van der Waals surface area contributed by atoms with Gasteiger partial charge in [-0.05, 0) is 35.9 Å². The third kappa shape index (κ3) is 3.87. The molecule has 1 amide bonds. The quantitative estimate of drug-likeness (QED) is 0.428. The third-order valence-electron chi connectivity index (χ3n) is 5.29. The van der Waals surface area contributed by atoms with Crippen LogP contribution in [-0.2, 0) is 11.3 Å². The molecule has 9 nitrogen and oxygen atoms in total. The number of benzene rings is 1. The topological polar surface area (TPSA) is 106 Å². The largest absolute Gasteiger partial charge is 0.345 e. The molecule has 0 unspecified atom stereocenters. The molecule has 3 aromatic heterocycles. The Kier molecular flexibility index (Phi) is 4.86. The summed E-state index contributed by atoms with van der Waals surface area (Å²) in [5.74, 6) is 2.21. The molecule has 1 fully saturated rings. The number of H-pyrrole nitrogens is 2. The lowest BCUT2D eigenvalue weighted by Crippen LogP contribution is -2.45. The number of anilines is 2. The minimum absolute atomic E-state index is 0.644. The van der Waals surface area contributed by atoms with Gasteiger partial charge in [0.25, 0.3) is 0 Å². The van der Waals surface area contributed by atoms with Crippen molar-refractivity contribution < 1.29 is 4.79 Å². The lowest BCUT2D eigenvalue weighted by atomic mass is 10.2. The third-order valence-corrected chi connectivity index (χ3v) is 5.29. The Balaban J connectivity index is 1.29. The van der Waals surface area contributed by atoms with E-state index in [4.69, 9.17) is 0 Å². The highest BCUT2D eigenvalue weighted by atomic mass is 16.1. The Morgan fingerprint density at radius 2 is 1.97 bits per heavy atom. The van der Waals surface area contributed by atoms with Crippen molar-refractivity contribution in [3.63, 3.8) is 0 Å². The minimum Gasteiger partial charge on any atom is -0.345 e. The van der Waals surface area contributed by atoms with Crippen LogP contribution in [0.25, 0.3) is 22.4 Å². The van der Waals surface area contributed by atoms with Gasteiger partial charge in [0, 0.05) is 56.9 Å². The molecule has 5 rings (SSSR count). The molecule has 1 aliphatic rings. The molecule has 3 N–H and O–H groups in total. The summed E-state index contributed by atoms with van der Waals surface area (Å²) in [4.78, 5) is 34.8. The molecule has 9 heteroatoms. The first-order valence-electron chi connectivity index (χ1n) is 9.90. The Morgan fingerprint density at radius 1 is 1.07 bits per heavy atom. The zero-order valence-corrected chi connectivity index (χ0v) is 16.4. The highest BCUT2D eigenvalue weighted by molar-refractivity contribution is 5.82. The van der Waals surface area contributed by atoms with Crippen molar-refractivity contribution in [3.05, 3.63) is 54.5 Å². The number of hydrogen-bond donors (Lipinski definition) is 3. The van der Waals surface area contributed by atoms with E-state index in [2.05, 4.69) is 35.1 Å². The first kappa shape index (κ1) is 18.3. The van der Waals surface area contributed by atoms with Gasteiger partial charge in [-0.25, -0.2) is 15.0 Å². The zero-order chi connectivity index (χ0) is 20.3. The minimum atomic E-state index is 0.644. The van der Waals surface area contributed by atoms with Crippen LogP contribution in [0.5, 0.6) is 0 Å². The van der Waals surface area contributed by atoms with E-state index >= 15 is 0 Å². The van der Waals surface area contributed by atoms with Crippen LogP contribution < -0.4 is 5.32 Å². The first-order chi connectivity index (χ1) is 14.8. The molecule has 4 aromatic rings. The summed E-state index contributed by atoms with van der Waals surface area (Å²) >= 11 is 0. The van der Waals surface area contributed by atoms with Gasteiger partial charge in [-0.2, -0.15) is 0 Å². The second-order valence-electron chi connectivity index (χ2n) is 7.35. The van der Waals surface area contributed by atoms with Gasteiger partial charge in [0.05, 0.1) is 11.0 Å². The molecule has 1 aromatic carbocycles. The standard InChI is InChI=1S/C21H22N8O/c30-14-29-9-7-28(8-10-29)13-15-3-4-22-19(11-15)27-21-25-17-2-1-16(12-18(17)26-21)20-23-5-6-24-20/h1-6,11-12,14H,7-10,13H2,(H,23,24)(H2,22,25,26,27). The van der Waals surface area contributed by atoms with E-state index in [1.165, 1.54) is 5.56 Å². The van der Waals surface area contributed by atoms with Gasteiger partial charge >= 0.3 is 0 Å². The number of rotatable bonds is 6. The van der Waals surface area contributed by atoms with Crippen LogP contribution in [-0.4, -0.2) is 67.3 Å². The van der Waals surface area contributed by atoms with E-state index in [-0.39, 0.29) is 0 Å². The number of fused-ring (bicyclic) bond motifs is 1. The van der Waals surface area contributed by atoms with Gasteiger partial charge in [0.1, 0.15) is 11.6 Å². The van der Waals surface area contributed by atoms with Gasteiger partial charge < -0.3 is 20.2 Å². The van der Waals surface area contributed by atoms with Gasteiger partial charge in [-0.3, -0.25) is 9.69 Å². The summed E-state index contributed by atoms with van der Waals surface area (Å²) in [6, 6.07) is 10.0.